The first-order valence-electron chi connectivity index (χ1n) is 6.82. The van der Waals surface area contributed by atoms with Crippen molar-refractivity contribution in [3.05, 3.63) is 24.3 Å². The molecule has 1 unspecified atom stereocenters. The van der Waals surface area contributed by atoms with Gasteiger partial charge in [0.15, 0.2) is 0 Å². The molecule has 3 amide bonds. The van der Waals surface area contributed by atoms with Gasteiger partial charge >= 0.3 is 6.03 Å². The van der Waals surface area contributed by atoms with E-state index < -0.39 is 0 Å². The summed E-state index contributed by atoms with van der Waals surface area (Å²) in [6.07, 6.45) is 3.06. The van der Waals surface area contributed by atoms with Gasteiger partial charge < -0.3 is 21.3 Å². The van der Waals surface area contributed by atoms with Crippen molar-refractivity contribution in [3.63, 3.8) is 0 Å². The van der Waals surface area contributed by atoms with Crippen LogP contribution in [-0.4, -0.2) is 31.6 Å². The fraction of sp³-hybridized carbons (Fsp3) is 0.429. The molecule has 0 bridgehead atoms. The Kier molecular flexibility index (Phi) is 6.98. The Labute approximate surface area is 130 Å². The third-order valence-electron chi connectivity index (χ3n) is 3.24. The van der Waals surface area contributed by atoms with Crippen molar-refractivity contribution >= 4 is 35.7 Å². The number of anilines is 2. The fourth-order valence-corrected chi connectivity index (χ4v) is 2.17. The van der Waals surface area contributed by atoms with E-state index in [1.165, 1.54) is 0 Å². The predicted molar refractivity (Wildman–Crippen MR) is 86.0 cm³/mol. The van der Waals surface area contributed by atoms with Crippen LogP contribution >= 0.6 is 12.4 Å². The Morgan fingerprint density at radius 1 is 1.19 bits per heavy atom. The van der Waals surface area contributed by atoms with E-state index in [0.29, 0.717) is 11.4 Å². The number of piperidine rings is 1. The topological polar surface area (TPSA) is 82.3 Å². The van der Waals surface area contributed by atoms with Crippen LogP contribution in [0.25, 0.3) is 0 Å². The number of hydrogen-bond donors (Lipinski definition) is 4. The zero-order valence-corrected chi connectivity index (χ0v) is 12.8. The highest BCUT2D eigenvalue weighted by Gasteiger charge is 2.20. The molecule has 1 aliphatic heterocycles. The summed E-state index contributed by atoms with van der Waals surface area (Å²) in [6.45, 7) is 0.885. The first-order chi connectivity index (χ1) is 9.69. The Balaban J connectivity index is 0.00000220. The van der Waals surface area contributed by atoms with Crippen LogP contribution in [0.5, 0.6) is 0 Å². The highest BCUT2D eigenvalue weighted by molar-refractivity contribution is 5.96. The quantitative estimate of drug-likeness (QED) is 0.688. The second kappa shape index (κ2) is 8.49. The normalized spacial score (nSPS) is 17.3. The van der Waals surface area contributed by atoms with Crippen LogP contribution in [0.2, 0.25) is 0 Å². The van der Waals surface area contributed by atoms with Gasteiger partial charge in [-0.1, -0.05) is 12.5 Å². The van der Waals surface area contributed by atoms with Crippen molar-refractivity contribution in [1.82, 2.24) is 10.6 Å². The summed E-state index contributed by atoms with van der Waals surface area (Å²) in [7, 11) is 1.55. The van der Waals surface area contributed by atoms with Gasteiger partial charge in [0, 0.05) is 18.4 Å². The van der Waals surface area contributed by atoms with Crippen molar-refractivity contribution in [2.75, 3.05) is 24.2 Å². The lowest BCUT2D eigenvalue weighted by atomic mass is 10.0. The van der Waals surface area contributed by atoms with Gasteiger partial charge in [-0.25, -0.2) is 4.79 Å². The van der Waals surface area contributed by atoms with Gasteiger partial charge in [-0.15, -0.1) is 12.4 Å². The first kappa shape index (κ1) is 17.3. The summed E-state index contributed by atoms with van der Waals surface area (Å²) in [5.41, 5.74) is 1.31. The molecule has 21 heavy (non-hydrogen) atoms. The molecule has 116 valence electrons. The van der Waals surface area contributed by atoms with Gasteiger partial charge in [-0.05, 0) is 37.6 Å². The summed E-state index contributed by atoms with van der Waals surface area (Å²) >= 11 is 0. The Morgan fingerprint density at radius 3 is 2.52 bits per heavy atom. The molecule has 4 N–H and O–H groups in total. The minimum Gasteiger partial charge on any atom is -0.341 e. The van der Waals surface area contributed by atoms with E-state index in [1.807, 2.05) is 0 Å². The van der Waals surface area contributed by atoms with Crippen molar-refractivity contribution in [2.24, 2.45) is 0 Å². The van der Waals surface area contributed by atoms with Crippen LogP contribution in [0.15, 0.2) is 24.3 Å². The lowest BCUT2D eigenvalue weighted by Crippen LogP contribution is -2.43. The molecule has 1 heterocycles. The molecule has 1 atom stereocenters. The van der Waals surface area contributed by atoms with Gasteiger partial charge in [0.05, 0.1) is 6.04 Å². The highest BCUT2D eigenvalue weighted by Crippen LogP contribution is 2.16. The number of amides is 3. The smallest absolute Gasteiger partial charge is 0.318 e. The van der Waals surface area contributed by atoms with Crippen molar-refractivity contribution in [2.45, 2.75) is 25.3 Å². The molecular formula is C14H21ClN4O2. The standard InChI is InChI=1S/C14H20N4O2.ClH/c1-15-14(20)18-11-6-4-5-10(9-11)17-13(19)12-7-2-3-8-16-12;/h4-6,9,12,16H,2-3,7-8H2,1H3,(H,17,19)(H2,15,18,20);1H. The average Bonchev–Trinajstić information content (AvgIpc) is 2.48. The summed E-state index contributed by atoms with van der Waals surface area (Å²) in [5.74, 6) is -0.0261. The zero-order chi connectivity index (χ0) is 14.4. The van der Waals surface area contributed by atoms with Crippen LogP contribution in [0.4, 0.5) is 16.2 Å². The average molecular weight is 313 g/mol. The van der Waals surface area contributed by atoms with E-state index in [2.05, 4.69) is 21.3 Å². The molecule has 1 aliphatic rings. The van der Waals surface area contributed by atoms with Crippen LogP contribution in [0.1, 0.15) is 19.3 Å². The number of urea groups is 1. The van der Waals surface area contributed by atoms with Crippen molar-refractivity contribution in [3.8, 4) is 0 Å². The van der Waals surface area contributed by atoms with Crippen LogP contribution < -0.4 is 21.3 Å². The molecule has 0 saturated carbocycles. The third-order valence-corrected chi connectivity index (χ3v) is 3.24. The number of halogens is 1. The second-order valence-corrected chi connectivity index (χ2v) is 4.78. The maximum Gasteiger partial charge on any atom is 0.318 e. The van der Waals surface area contributed by atoms with E-state index in [9.17, 15) is 9.59 Å². The molecular weight excluding hydrogens is 292 g/mol. The molecule has 0 aliphatic carbocycles. The van der Waals surface area contributed by atoms with Crippen LogP contribution in [-0.2, 0) is 4.79 Å². The lowest BCUT2D eigenvalue weighted by molar-refractivity contribution is -0.118. The number of nitrogens with one attached hydrogen (secondary N) is 4. The summed E-state index contributed by atoms with van der Waals surface area (Å²) < 4.78 is 0. The minimum atomic E-state index is -0.289. The largest absolute Gasteiger partial charge is 0.341 e. The van der Waals surface area contributed by atoms with E-state index in [4.69, 9.17) is 0 Å². The van der Waals surface area contributed by atoms with E-state index >= 15 is 0 Å². The minimum absolute atomic E-state index is 0. The van der Waals surface area contributed by atoms with Crippen LogP contribution in [0.3, 0.4) is 0 Å². The van der Waals surface area contributed by atoms with Gasteiger partial charge in [0.1, 0.15) is 0 Å². The molecule has 7 heteroatoms. The molecule has 0 radical (unpaired) electrons. The maximum atomic E-state index is 12.1. The zero-order valence-electron chi connectivity index (χ0n) is 11.9. The van der Waals surface area contributed by atoms with Gasteiger partial charge in [0.25, 0.3) is 0 Å². The Bertz CT molecular complexity index is 490. The number of benzene rings is 1. The maximum absolute atomic E-state index is 12.1. The molecule has 0 aromatic heterocycles. The van der Waals surface area contributed by atoms with Gasteiger partial charge in [-0.3, -0.25) is 4.79 Å². The number of carbonyl (C=O) groups is 2. The van der Waals surface area contributed by atoms with Gasteiger partial charge in [-0.2, -0.15) is 0 Å². The van der Waals surface area contributed by atoms with Gasteiger partial charge in [0.2, 0.25) is 5.91 Å². The van der Waals surface area contributed by atoms with Crippen LogP contribution in [0, 0.1) is 0 Å². The SMILES string of the molecule is CNC(=O)Nc1cccc(NC(=O)C2CCCCN2)c1.Cl. The Hall–Kier alpha value is -1.79. The molecule has 1 aromatic carbocycles. The summed E-state index contributed by atoms with van der Waals surface area (Å²) in [5, 5.41) is 11.2. The Morgan fingerprint density at radius 2 is 1.90 bits per heavy atom. The summed E-state index contributed by atoms with van der Waals surface area (Å²) in [6, 6.07) is 6.67. The number of carbonyl (C=O) groups excluding carboxylic acids is 2. The monoisotopic (exact) mass is 312 g/mol. The highest BCUT2D eigenvalue weighted by atomic mass is 35.5. The molecule has 2 rings (SSSR count). The number of hydrogen-bond acceptors (Lipinski definition) is 3. The molecule has 1 saturated heterocycles. The summed E-state index contributed by atoms with van der Waals surface area (Å²) in [4.78, 5) is 23.3. The molecule has 1 aromatic rings. The first-order valence-corrected chi connectivity index (χ1v) is 6.82. The van der Waals surface area contributed by atoms with E-state index in [-0.39, 0.29) is 30.4 Å². The third kappa shape index (κ3) is 5.24. The fourth-order valence-electron chi connectivity index (χ4n) is 2.17. The van der Waals surface area contributed by atoms with Crippen molar-refractivity contribution in [1.29, 1.82) is 0 Å². The second-order valence-electron chi connectivity index (χ2n) is 4.78. The molecule has 1 fully saturated rings. The van der Waals surface area contributed by atoms with E-state index in [1.54, 1.807) is 31.3 Å². The van der Waals surface area contributed by atoms with Crippen molar-refractivity contribution < 1.29 is 9.59 Å². The lowest BCUT2D eigenvalue weighted by Gasteiger charge is -2.22. The molecule has 6 nitrogen and oxygen atoms in total. The predicted octanol–water partition coefficient (Wildman–Crippen LogP) is 1.94. The molecule has 0 spiro atoms. The number of rotatable bonds is 3. The van der Waals surface area contributed by atoms with E-state index in [0.717, 1.165) is 25.8 Å².